The highest BCUT2D eigenvalue weighted by Gasteiger charge is 2.48. The predicted molar refractivity (Wildman–Crippen MR) is 156 cm³/mol. The Morgan fingerprint density at radius 2 is 1.52 bits per heavy atom. The molecule has 1 N–H and O–H groups in total. The Hall–Kier alpha value is -3.09. The molecule has 0 radical (unpaired) electrons. The molecular formula is C32H33Cl2NO5. The first-order chi connectivity index (χ1) is 18.7. The minimum absolute atomic E-state index is 0.0552. The molecule has 0 saturated carbocycles. The van der Waals surface area contributed by atoms with E-state index < -0.39 is 5.92 Å². The fourth-order valence-corrected chi connectivity index (χ4v) is 6.23. The van der Waals surface area contributed by atoms with Crippen molar-refractivity contribution in [1.29, 1.82) is 0 Å². The first kappa shape index (κ1) is 28.4. The standard InChI is InChI=1S/C32H33Cl2NO5/c1-17-6-8-19(11-21(17)34)35-27(38)16-39-24-9-7-18(33)10-20(24)28-29-22(36)12-31(2,3)14-25(29)40-26-15-32(4,5)13-23(37)30(26)28/h6-11,28H,12-16H2,1-5H3,(H,35,38). The summed E-state index contributed by atoms with van der Waals surface area (Å²) in [6.07, 6.45) is 1.83. The van der Waals surface area contributed by atoms with Crippen molar-refractivity contribution in [3.63, 3.8) is 0 Å². The number of ketones is 2. The number of carbonyl (C=O) groups is 3. The van der Waals surface area contributed by atoms with Crippen LogP contribution in [-0.4, -0.2) is 24.1 Å². The average Bonchev–Trinajstić information content (AvgIpc) is 2.82. The maximum atomic E-state index is 13.6. The molecule has 0 fully saturated rings. The molecule has 40 heavy (non-hydrogen) atoms. The summed E-state index contributed by atoms with van der Waals surface area (Å²) in [6.45, 7) is 9.76. The van der Waals surface area contributed by atoms with Gasteiger partial charge < -0.3 is 14.8 Å². The minimum Gasteiger partial charge on any atom is -0.483 e. The SMILES string of the molecule is Cc1ccc(NC(=O)COc2ccc(Cl)cc2C2C3=C(CC(C)(C)CC3=O)OC3=C2C(=O)CC(C)(C)C3)cc1Cl. The van der Waals surface area contributed by atoms with Crippen LogP contribution in [0.5, 0.6) is 5.75 Å². The van der Waals surface area contributed by atoms with Crippen LogP contribution >= 0.6 is 23.2 Å². The van der Waals surface area contributed by atoms with Gasteiger partial charge in [0.1, 0.15) is 17.3 Å². The molecule has 5 rings (SSSR count). The van der Waals surface area contributed by atoms with Crippen molar-refractivity contribution >= 4 is 46.4 Å². The number of ether oxygens (including phenoxy) is 2. The van der Waals surface area contributed by atoms with Gasteiger partial charge in [-0.1, -0.05) is 57.0 Å². The average molecular weight is 583 g/mol. The Kier molecular flexibility index (Phi) is 7.38. The third-order valence-corrected chi connectivity index (χ3v) is 8.32. The van der Waals surface area contributed by atoms with Gasteiger partial charge in [0.15, 0.2) is 18.2 Å². The molecular weight excluding hydrogens is 549 g/mol. The number of carbonyl (C=O) groups excluding carboxylic acids is 3. The highest BCUT2D eigenvalue weighted by atomic mass is 35.5. The van der Waals surface area contributed by atoms with Gasteiger partial charge in [-0.15, -0.1) is 0 Å². The predicted octanol–water partition coefficient (Wildman–Crippen LogP) is 7.72. The summed E-state index contributed by atoms with van der Waals surface area (Å²) in [5, 5.41) is 3.77. The van der Waals surface area contributed by atoms with Gasteiger partial charge in [-0.05, 0) is 53.6 Å². The van der Waals surface area contributed by atoms with Gasteiger partial charge in [0, 0.05) is 58.1 Å². The summed E-state index contributed by atoms with van der Waals surface area (Å²) in [7, 11) is 0. The zero-order valence-corrected chi connectivity index (χ0v) is 24.9. The van der Waals surface area contributed by atoms with E-state index in [1.54, 1.807) is 30.3 Å². The number of Topliss-reactive ketones (excluding diaryl/α,β-unsaturated/α-hetero) is 2. The van der Waals surface area contributed by atoms with E-state index in [2.05, 4.69) is 5.32 Å². The van der Waals surface area contributed by atoms with Crippen LogP contribution in [0.15, 0.2) is 59.1 Å². The second kappa shape index (κ2) is 10.4. The lowest BCUT2D eigenvalue weighted by Crippen LogP contribution is -2.37. The van der Waals surface area contributed by atoms with Crippen LogP contribution in [0.1, 0.15) is 70.4 Å². The smallest absolute Gasteiger partial charge is 0.262 e. The third kappa shape index (κ3) is 5.70. The third-order valence-electron chi connectivity index (χ3n) is 7.68. The van der Waals surface area contributed by atoms with Crippen LogP contribution in [-0.2, 0) is 19.1 Å². The van der Waals surface area contributed by atoms with Crippen LogP contribution in [0.4, 0.5) is 5.69 Å². The molecule has 2 aromatic rings. The number of hydrogen-bond acceptors (Lipinski definition) is 5. The van der Waals surface area contributed by atoms with Crippen molar-refractivity contribution in [2.24, 2.45) is 10.8 Å². The molecule has 2 aromatic carbocycles. The van der Waals surface area contributed by atoms with Gasteiger partial charge in [0.05, 0.1) is 5.92 Å². The molecule has 0 unspecified atom stereocenters. The number of halogens is 2. The van der Waals surface area contributed by atoms with E-state index in [1.807, 2.05) is 40.7 Å². The van der Waals surface area contributed by atoms with Gasteiger partial charge in [-0.3, -0.25) is 14.4 Å². The number of nitrogens with one attached hydrogen (secondary N) is 1. The topological polar surface area (TPSA) is 81.7 Å². The van der Waals surface area contributed by atoms with E-state index in [-0.39, 0.29) is 34.9 Å². The number of anilines is 1. The largest absolute Gasteiger partial charge is 0.483 e. The van der Waals surface area contributed by atoms with E-state index in [0.29, 0.717) is 75.4 Å². The Morgan fingerprint density at radius 1 is 0.925 bits per heavy atom. The maximum Gasteiger partial charge on any atom is 0.262 e. The zero-order valence-electron chi connectivity index (χ0n) is 23.4. The Bertz CT molecular complexity index is 1450. The van der Waals surface area contributed by atoms with Crippen molar-refractivity contribution in [1.82, 2.24) is 0 Å². The summed E-state index contributed by atoms with van der Waals surface area (Å²) in [4.78, 5) is 40.1. The van der Waals surface area contributed by atoms with Gasteiger partial charge in [0.2, 0.25) is 0 Å². The molecule has 0 aromatic heterocycles. The van der Waals surface area contributed by atoms with Crippen molar-refractivity contribution in [3.05, 3.63) is 80.2 Å². The number of allylic oxidation sites excluding steroid dienone is 4. The summed E-state index contributed by atoms with van der Waals surface area (Å²) >= 11 is 12.7. The monoisotopic (exact) mass is 581 g/mol. The van der Waals surface area contributed by atoms with Crippen LogP contribution in [0.25, 0.3) is 0 Å². The molecule has 0 bridgehead atoms. The van der Waals surface area contributed by atoms with E-state index in [0.717, 1.165) is 5.56 Å². The molecule has 6 nitrogen and oxygen atoms in total. The molecule has 3 aliphatic rings. The fraction of sp³-hybridized carbons (Fsp3) is 0.406. The molecule has 0 spiro atoms. The van der Waals surface area contributed by atoms with Crippen molar-refractivity contribution in [2.75, 3.05) is 11.9 Å². The maximum absolute atomic E-state index is 13.6. The van der Waals surface area contributed by atoms with Crippen molar-refractivity contribution in [3.8, 4) is 5.75 Å². The number of aryl methyl sites for hydroxylation is 1. The van der Waals surface area contributed by atoms with E-state index >= 15 is 0 Å². The summed E-state index contributed by atoms with van der Waals surface area (Å²) in [6, 6.07) is 10.3. The lowest BCUT2D eigenvalue weighted by molar-refractivity contribution is -0.121. The molecule has 1 amide bonds. The van der Waals surface area contributed by atoms with Gasteiger partial charge in [-0.25, -0.2) is 0 Å². The molecule has 210 valence electrons. The van der Waals surface area contributed by atoms with Crippen LogP contribution in [0, 0.1) is 17.8 Å². The Morgan fingerprint density at radius 3 is 2.10 bits per heavy atom. The molecule has 2 aliphatic carbocycles. The van der Waals surface area contributed by atoms with Gasteiger partial charge in [-0.2, -0.15) is 0 Å². The van der Waals surface area contributed by atoms with Crippen LogP contribution in [0.3, 0.4) is 0 Å². The van der Waals surface area contributed by atoms with Gasteiger partial charge >= 0.3 is 0 Å². The number of benzene rings is 2. The highest BCUT2D eigenvalue weighted by molar-refractivity contribution is 6.31. The zero-order chi connectivity index (χ0) is 29.0. The van der Waals surface area contributed by atoms with Crippen LogP contribution in [0.2, 0.25) is 10.0 Å². The highest BCUT2D eigenvalue weighted by Crippen LogP contribution is 2.54. The summed E-state index contributed by atoms with van der Waals surface area (Å²) in [5.41, 5.74) is 2.47. The summed E-state index contributed by atoms with van der Waals surface area (Å²) < 4.78 is 12.4. The number of hydrogen-bond donors (Lipinski definition) is 1. The van der Waals surface area contributed by atoms with Crippen molar-refractivity contribution < 1.29 is 23.9 Å². The Balaban J connectivity index is 1.52. The van der Waals surface area contributed by atoms with E-state index in [9.17, 15) is 14.4 Å². The lowest BCUT2D eigenvalue weighted by atomic mass is 9.65. The molecule has 0 atom stereocenters. The first-order valence-corrected chi connectivity index (χ1v) is 14.2. The molecule has 0 saturated heterocycles. The number of amides is 1. The Labute approximate surface area is 244 Å². The quantitative estimate of drug-likeness (QED) is 0.391. The van der Waals surface area contributed by atoms with Gasteiger partial charge in [0.25, 0.3) is 5.91 Å². The lowest BCUT2D eigenvalue weighted by Gasteiger charge is -2.43. The second-order valence-corrected chi connectivity index (χ2v) is 13.4. The summed E-state index contributed by atoms with van der Waals surface area (Å²) in [5.74, 6) is 0.422. The fourth-order valence-electron chi connectivity index (χ4n) is 5.87. The molecule has 8 heteroatoms. The number of rotatable bonds is 5. The van der Waals surface area contributed by atoms with Crippen LogP contribution < -0.4 is 10.1 Å². The van der Waals surface area contributed by atoms with Crippen molar-refractivity contribution in [2.45, 2.75) is 66.2 Å². The van der Waals surface area contributed by atoms with E-state index in [4.69, 9.17) is 32.7 Å². The second-order valence-electron chi connectivity index (χ2n) is 12.6. The normalized spacial score (nSPS) is 20.1. The first-order valence-electron chi connectivity index (χ1n) is 13.4. The van der Waals surface area contributed by atoms with E-state index in [1.165, 1.54) is 0 Å². The minimum atomic E-state index is -0.682. The molecule has 1 aliphatic heterocycles. The molecule has 1 heterocycles.